The summed E-state index contributed by atoms with van der Waals surface area (Å²) in [6.07, 6.45) is 3.21. The quantitative estimate of drug-likeness (QED) is 0.576. The molecule has 11 heavy (non-hydrogen) atoms. The standard InChI is InChI=1S/C6H11BrO2.C2H6/c7-5-3-1-2-4-6(8)9;1-2/h1-5H2,(H,8,9);1-2H3. The van der Waals surface area contributed by atoms with Gasteiger partial charge in [0, 0.05) is 11.8 Å². The molecule has 0 aliphatic heterocycles. The minimum Gasteiger partial charge on any atom is -0.481 e. The molecule has 0 rings (SSSR count). The van der Waals surface area contributed by atoms with Gasteiger partial charge >= 0.3 is 5.97 Å². The summed E-state index contributed by atoms with van der Waals surface area (Å²) in [6, 6.07) is 0. The van der Waals surface area contributed by atoms with Gasteiger partial charge in [0.2, 0.25) is 0 Å². The number of unbranched alkanes of at least 4 members (excludes halogenated alkanes) is 2. The molecule has 0 aromatic carbocycles. The van der Waals surface area contributed by atoms with Crippen molar-refractivity contribution in [3.05, 3.63) is 0 Å². The first-order chi connectivity index (χ1) is 5.27. The maximum atomic E-state index is 9.95. The Morgan fingerprint density at radius 1 is 1.27 bits per heavy atom. The molecule has 0 aliphatic rings. The molecule has 0 saturated heterocycles. The first-order valence-electron chi connectivity index (χ1n) is 4.05. The van der Waals surface area contributed by atoms with Crippen LogP contribution in [0.2, 0.25) is 0 Å². The summed E-state index contributed by atoms with van der Waals surface area (Å²) in [5.74, 6) is -0.690. The van der Waals surface area contributed by atoms with Crippen LogP contribution in [-0.2, 0) is 4.79 Å². The van der Waals surface area contributed by atoms with E-state index in [2.05, 4.69) is 15.9 Å². The molecule has 0 heterocycles. The van der Waals surface area contributed by atoms with Crippen molar-refractivity contribution < 1.29 is 9.90 Å². The number of alkyl halides is 1. The molecule has 3 heteroatoms. The van der Waals surface area contributed by atoms with Crippen LogP contribution in [0, 0.1) is 0 Å². The summed E-state index contributed by atoms with van der Waals surface area (Å²) in [7, 11) is 0. The zero-order valence-corrected chi connectivity index (χ0v) is 8.85. The van der Waals surface area contributed by atoms with Crippen molar-refractivity contribution >= 4 is 21.9 Å². The summed E-state index contributed by atoms with van der Waals surface area (Å²) >= 11 is 3.27. The normalized spacial score (nSPS) is 8.27. The second-order valence-corrected chi connectivity index (χ2v) is 2.69. The number of halogens is 1. The fourth-order valence-corrected chi connectivity index (χ4v) is 0.944. The molecule has 0 aromatic rings. The van der Waals surface area contributed by atoms with Crippen LogP contribution in [0.1, 0.15) is 39.5 Å². The number of carboxylic acids is 1. The highest BCUT2D eigenvalue weighted by Gasteiger charge is 1.94. The van der Waals surface area contributed by atoms with Gasteiger partial charge in [-0.3, -0.25) is 4.79 Å². The van der Waals surface area contributed by atoms with Crippen LogP contribution in [0.5, 0.6) is 0 Å². The van der Waals surface area contributed by atoms with Crippen molar-refractivity contribution in [2.75, 3.05) is 5.33 Å². The smallest absolute Gasteiger partial charge is 0.303 e. The van der Waals surface area contributed by atoms with Crippen molar-refractivity contribution in [1.29, 1.82) is 0 Å². The van der Waals surface area contributed by atoms with Gasteiger partial charge in [-0.05, 0) is 12.8 Å². The fraction of sp³-hybridized carbons (Fsp3) is 0.875. The highest BCUT2D eigenvalue weighted by atomic mass is 79.9. The van der Waals surface area contributed by atoms with Gasteiger partial charge in [0.05, 0.1) is 0 Å². The van der Waals surface area contributed by atoms with Crippen LogP contribution in [0.4, 0.5) is 0 Å². The molecule has 0 fully saturated rings. The summed E-state index contributed by atoms with van der Waals surface area (Å²) in [6.45, 7) is 4.00. The van der Waals surface area contributed by atoms with E-state index < -0.39 is 5.97 Å². The average Bonchev–Trinajstić information content (AvgIpc) is 2.02. The summed E-state index contributed by atoms with van der Waals surface area (Å²) < 4.78 is 0. The van der Waals surface area contributed by atoms with Crippen molar-refractivity contribution in [3.8, 4) is 0 Å². The van der Waals surface area contributed by atoms with Gasteiger partial charge in [-0.15, -0.1) is 0 Å². The maximum Gasteiger partial charge on any atom is 0.303 e. The van der Waals surface area contributed by atoms with Crippen LogP contribution in [0.15, 0.2) is 0 Å². The number of hydrogen-bond acceptors (Lipinski definition) is 1. The Balaban J connectivity index is 0. The molecule has 0 amide bonds. The topological polar surface area (TPSA) is 37.3 Å². The van der Waals surface area contributed by atoms with E-state index in [1.54, 1.807) is 0 Å². The molecule has 0 saturated carbocycles. The summed E-state index contributed by atoms with van der Waals surface area (Å²) in [5.41, 5.74) is 0. The lowest BCUT2D eigenvalue weighted by molar-refractivity contribution is -0.137. The number of hydrogen-bond donors (Lipinski definition) is 1. The highest BCUT2D eigenvalue weighted by molar-refractivity contribution is 9.09. The van der Waals surface area contributed by atoms with E-state index in [-0.39, 0.29) is 0 Å². The van der Waals surface area contributed by atoms with Gasteiger partial charge in [0.1, 0.15) is 0 Å². The van der Waals surface area contributed by atoms with E-state index in [0.717, 1.165) is 24.6 Å². The minimum atomic E-state index is -0.690. The molecule has 0 aliphatic carbocycles. The molecule has 0 atom stereocenters. The van der Waals surface area contributed by atoms with E-state index >= 15 is 0 Å². The van der Waals surface area contributed by atoms with E-state index in [1.807, 2.05) is 13.8 Å². The van der Waals surface area contributed by atoms with E-state index in [4.69, 9.17) is 5.11 Å². The largest absolute Gasteiger partial charge is 0.481 e. The summed E-state index contributed by atoms with van der Waals surface area (Å²) in [5, 5.41) is 9.18. The lowest BCUT2D eigenvalue weighted by atomic mass is 10.2. The van der Waals surface area contributed by atoms with Gasteiger partial charge in [-0.25, -0.2) is 0 Å². The predicted octanol–water partition coefficient (Wildman–Crippen LogP) is 3.05. The minimum absolute atomic E-state index is 0.312. The third-order valence-corrected chi connectivity index (χ3v) is 1.59. The SMILES string of the molecule is CC.O=C(O)CCCCCBr. The Hall–Kier alpha value is -0.0500. The maximum absolute atomic E-state index is 9.95. The van der Waals surface area contributed by atoms with Crippen molar-refractivity contribution in [2.45, 2.75) is 39.5 Å². The van der Waals surface area contributed by atoms with E-state index in [1.165, 1.54) is 0 Å². The number of carboxylic acid groups (broad SMARTS) is 1. The fourth-order valence-electron chi connectivity index (χ4n) is 0.547. The molecule has 0 spiro atoms. The number of aliphatic carboxylic acids is 1. The zero-order valence-electron chi connectivity index (χ0n) is 7.27. The third-order valence-electron chi connectivity index (χ3n) is 1.02. The van der Waals surface area contributed by atoms with Crippen LogP contribution >= 0.6 is 15.9 Å². The number of carbonyl (C=O) groups is 1. The second-order valence-electron chi connectivity index (χ2n) is 1.89. The molecule has 2 nitrogen and oxygen atoms in total. The van der Waals surface area contributed by atoms with E-state index in [9.17, 15) is 4.79 Å². The van der Waals surface area contributed by atoms with Crippen LogP contribution in [-0.4, -0.2) is 16.4 Å². The molecule has 1 N–H and O–H groups in total. The molecule has 68 valence electrons. The van der Waals surface area contributed by atoms with Crippen molar-refractivity contribution in [2.24, 2.45) is 0 Å². The van der Waals surface area contributed by atoms with Crippen molar-refractivity contribution in [1.82, 2.24) is 0 Å². The Bertz CT molecular complexity index is 84.2. The molecule has 0 radical (unpaired) electrons. The Labute approximate surface area is 77.1 Å². The highest BCUT2D eigenvalue weighted by Crippen LogP contribution is 2.01. The predicted molar refractivity (Wildman–Crippen MR) is 51.2 cm³/mol. The summed E-state index contributed by atoms with van der Waals surface area (Å²) in [4.78, 5) is 9.95. The first kappa shape index (κ1) is 13.5. The number of rotatable bonds is 5. The Kier molecular flexibility index (Phi) is 15.5. The van der Waals surface area contributed by atoms with Gasteiger partial charge < -0.3 is 5.11 Å². The monoisotopic (exact) mass is 224 g/mol. The molecule has 0 bridgehead atoms. The van der Waals surface area contributed by atoms with Crippen molar-refractivity contribution in [3.63, 3.8) is 0 Å². The zero-order chi connectivity index (χ0) is 9.11. The van der Waals surface area contributed by atoms with Gasteiger partial charge in [-0.2, -0.15) is 0 Å². The Morgan fingerprint density at radius 2 is 1.82 bits per heavy atom. The van der Waals surface area contributed by atoms with Gasteiger partial charge in [0.15, 0.2) is 0 Å². The van der Waals surface area contributed by atoms with Gasteiger partial charge in [-0.1, -0.05) is 36.2 Å². The Morgan fingerprint density at radius 3 is 2.18 bits per heavy atom. The third kappa shape index (κ3) is 17.8. The second kappa shape index (κ2) is 12.6. The van der Waals surface area contributed by atoms with Crippen LogP contribution in [0.3, 0.4) is 0 Å². The molecule has 0 unspecified atom stereocenters. The lowest BCUT2D eigenvalue weighted by Gasteiger charge is -1.92. The average molecular weight is 225 g/mol. The molecule has 0 aromatic heterocycles. The molecular formula is C8H17BrO2. The lowest BCUT2D eigenvalue weighted by Crippen LogP contribution is -1.93. The van der Waals surface area contributed by atoms with Crippen LogP contribution in [0.25, 0.3) is 0 Å². The molecular weight excluding hydrogens is 208 g/mol. The van der Waals surface area contributed by atoms with Gasteiger partial charge in [0.25, 0.3) is 0 Å². The first-order valence-corrected chi connectivity index (χ1v) is 5.17. The van der Waals surface area contributed by atoms with E-state index in [0.29, 0.717) is 6.42 Å². The van der Waals surface area contributed by atoms with Crippen LogP contribution < -0.4 is 0 Å².